The molecule has 2 rings (SSSR count). The van der Waals surface area contributed by atoms with E-state index in [-0.39, 0.29) is 22.2 Å². The third-order valence-electron chi connectivity index (χ3n) is 2.73. The second-order valence-electron chi connectivity index (χ2n) is 4.19. The highest BCUT2D eigenvalue weighted by molar-refractivity contribution is 9.10. The van der Waals surface area contributed by atoms with Crippen molar-refractivity contribution in [2.45, 2.75) is 11.4 Å². The zero-order valence-electron chi connectivity index (χ0n) is 10.6. The van der Waals surface area contributed by atoms with Crippen LogP contribution in [-0.4, -0.2) is 8.42 Å². The maximum Gasteiger partial charge on any atom is 0.261 e. The molecule has 3 N–H and O–H groups in total. The summed E-state index contributed by atoms with van der Waals surface area (Å²) in [6.45, 7) is 0.210. The molecule has 0 saturated heterocycles. The molecular formula is C13H11BrClFN2O2S. The first kappa shape index (κ1) is 16.2. The van der Waals surface area contributed by atoms with Gasteiger partial charge in [0, 0.05) is 16.0 Å². The standard InChI is InChI=1S/C13H11BrClFN2O2S/c14-11-4-2-9(16)5-13(11)18-21(19,20)10-3-1-8(7-17)12(15)6-10/h1-6,18H,7,17H2. The van der Waals surface area contributed by atoms with Crippen molar-refractivity contribution in [2.24, 2.45) is 5.73 Å². The molecule has 0 aliphatic carbocycles. The quantitative estimate of drug-likeness (QED) is 0.835. The Morgan fingerprint density at radius 2 is 1.95 bits per heavy atom. The molecule has 2 aromatic carbocycles. The molecule has 0 unspecified atom stereocenters. The fourth-order valence-electron chi connectivity index (χ4n) is 1.64. The molecule has 21 heavy (non-hydrogen) atoms. The Kier molecular flexibility index (Phi) is 4.88. The van der Waals surface area contributed by atoms with Gasteiger partial charge in [0.05, 0.1) is 10.6 Å². The third kappa shape index (κ3) is 3.74. The molecular weight excluding hydrogens is 383 g/mol. The van der Waals surface area contributed by atoms with Gasteiger partial charge in [0.2, 0.25) is 0 Å². The molecule has 0 atom stereocenters. The highest BCUT2D eigenvalue weighted by atomic mass is 79.9. The summed E-state index contributed by atoms with van der Waals surface area (Å²) in [5, 5.41) is 0.263. The molecule has 0 fully saturated rings. The van der Waals surface area contributed by atoms with Crippen molar-refractivity contribution in [3.63, 3.8) is 0 Å². The van der Waals surface area contributed by atoms with Crippen LogP contribution in [0.2, 0.25) is 5.02 Å². The molecule has 112 valence electrons. The van der Waals surface area contributed by atoms with E-state index >= 15 is 0 Å². The topological polar surface area (TPSA) is 72.2 Å². The van der Waals surface area contributed by atoms with Crippen LogP contribution in [0.25, 0.3) is 0 Å². The molecule has 0 spiro atoms. The summed E-state index contributed by atoms with van der Waals surface area (Å²) in [6.07, 6.45) is 0. The molecule has 8 heteroatoms. The van der Waals surface area contributed by atoms with Crippen molar-refractivity contribution in [1.29, 1.82) is 0 Å². The van der Waals surface area contributed by atoms with Crippen LogP contribution in [0.3, 0.4) is 0 Å². The molecule has 4 nitrogen and oxygen atoms in total. The summed E-state index contributed by atoms with van der Waals surface area (Å²) >= 11 is 9.11. The molecule has 0 aliphatic rings. The fraction of sp³-hybridized carbons (Fsp3) is 0.0769. The second kappa shape index (κ2) is 6.31. The number of hydrogen-bond acceptors (Lipinski definition) is 3. The van der Waals surface area contributed by atoms with Crippen molar-refractivity contribution in [3.8, 4) is 0 Å². The lowest BCUT2D eigenvalue weighted by Gasteiger charge is -2.11. The van der Waals surface area contributed by atoms with Crippen LogP contribution in [0, 0.1) is 5.82 Å². The van der Waals surface area contributed by atoms with E-state index in [1.165, 1.54) is 30.3 Å². The first-order chi connectivity index (χ1) is 9.83. The van der Waals surface area contributed by atoms with Gasteiger partial charge in [-0.05, 0) is 51.8 Å². The molecule has 0 aliphatic heterocycles. The van der Waals surface area contributed by atoms with Gasteiger partial charge in [-0.25, -0.2) is 12.8 Å². The summed E-state index contributed by atoms with van der Waals surface area (Å²) in [7, 11) is -3.87. The minimum absolute atomic E-state index is 0.0270. The van der Waals surface area contributed by atoms with Crippen LogP contribution in [-0.2, 0) is 16.6 Å². The summed E-state index contributed by atoms with van der Waals surface area (Å²) in [5.74, 6) is -0.549. The summed E-state index contributed by atoms with van der Waals surface area (Å²) < 4.78 is 40.5. The highest BCUT2D eigenvalue weighted by Gasteiger charge is 2.17. The predicted octanol–water partition coefficient (Wildman–Crippen LogP) is 3.50. The molecule has 0 amide bonds. The SMILES string of the molecule is NCc1ccc(S(=O)(=O)Nc2cc(F)ccc2Br)cc1Cl. The number of hydrogen-bond donors (Lipinski definition) is 2. The molecule has 0 bridgehead atoms. The van der Waals surface area contributed by atoms with Crippen molar-refractivity contribution < 1.29 is 12.8 Å². The van der Waals surface area contributed by atoms with Gasteiger partial charge < -0.3 is 5.73 Å². The van der Waals surface area contributed by atoms with Gasteiger partial charge >= 0.3 is 0 Å². The summed E-state index contributed by atoms with van der Waals surface area (Å²) in [4.78, 5) is -0.0270. The molecule has 2 aromatic rings. The Morgan fingerprint density at radius 3 is 2.57 bits per heavy atom. The van der Waals surface area contributed by atoms with Gasteiger partial charge in [0.25, 0.3) is 10.0 Å². The Labute approximate surface area is 135 Å². The molecule has 0 heterocycles. The van der Waals surface area contributed by atoms with Crippen LogP contribution in [0.5, 0.6) is 0 Å². The Bertz CT molecular complexity index is 784. The number of anilines is 1. The van der Waals surface area contributed by atoms with Crippen molar-refractivity contribution in [2.75, 3.05) is 4.72 Å². The van der Waals surface area contributed by atoms with Crippen LogP contribution in [0.15, 0.2) is 45.8 Å². The smallest absolute Gasteiger partial charge is 0.261 e. The maximum atomic E-state index is 13.2. The van der Waals surface area contributed by atoms with E-state index in [1.807, 2.05) is 0 Å². The van der Waals surface area contributed by atoms with Gasteiger partial charge in [-0.15, -0.1) is 0 Å². The number of rotatable bonds is 4. The zero-order chi connectivity index (χ0) is 15.6. The van der Waals surface area contributed by atoms with Crippen molar-refractivity contribution in [1.82, 2.24) is 0 Å². The maximum absolute atomic E-state index is 13.2. The van der Waals surface area contributed by atoms with Crippen molar-refractivity contribution >= 4 is 43.2 Å². The largest absolute Gasteiger partial charge is 0.326 e. The summed E-state index contributed by atoms with van der Waals surface area (Å²) in [6, 6.07) is 7.95. The number of benzene rings is 2. The van der Waals surface area contributed by atoms with Crippen LogP contribution in [0.1, 0.15) is 5.56 Å². The van der Waals surface area contributed by atoms with E-state index in [4.69, 9.17) is 17.3 Å². The first-order valence-corrected chi connectivity index (χ1v) is 8.45. The minimum atomic E-state index is -3.87. The lowest BCUT2D eigenvalue weighted by atomic mass is 10.2. The minimum Gasteiger partial charge on any atom is -0.326 e. The normalized spacial score (nSPS) is 11.4. The lowest BCUT2D eigenvalue weighted by molar-refractivity contribution is 0.601. The zero-order valence-corrected chi connectivity index (χ0v) is 13.8. The Morgan fingerprint density at radius 1 is 1.24 bits per heavy atom. The van der Waals surface area contributed by atoms with Crippen molar-refractivity contribution in [3.05, 3.63) is 57.3 Å². The summed E-state index contributed by atoms with van der Waals surface area (Å²) in [5.41, 5.74) is 6.22. The average molecular weight is 394 g/mol. The Hall–Kier alpha value is -1.15. The third-order valence-corrected chi connectivity index (χ3v) is 5.13. The monoisotopic (exact) mass is 392 g/mol. The first-order valence-electron chi connectivity index (χ1n) is 5.80. The Balaban J connectivity index is 2.38. The van der Waals surface area contributed by atoms with Crippen LogP contribution in [0.4, 0.5) is 10.1 Å². The average Bonchev–Trinajstić information content (AvgIpc) is 2.42. The number of nitrogens with two attached hydrogens (primary N) is 1. The van der Waals surface area contributed by atoms with E-state index in [1.54, 1.807) is 0 Å². The number of sulfonamides is 1. The van der Waals surface area contributed by atoms with Gasteiger partial charge in [-0.2, -0.15) is 0 Å². The van der Waals surface area contributed by atoms with E-state index in [0.717, 1.165) is 6.07 Å². The van der Waals surface area contributed by atoms with E-state index < -0.39 is 15.8 Å². The second-order valence-corrected chi connectivity index (χ2v) is 7.13. The number of halogens is 3. The highest BCUT2D eigenvalue weighted by Crippen LogP contribution is 2.27. The van der Waals surface area contributed by atoms with E-state index in [9.17, 15) is 12.8 Å². The molecule has 0 radical (unpaired) electrons. The number of nitrogens with one attached hydrogen (secondary N) is 1. The van der Waals surface area contributed by atoms with Crippen LogP contribution < -0.4 is 10.5 Å². The van der Waals surface area contributed by atoms with Gasteiger partial charge in [-0.1, -0.05) is 17.7 Å². The van der Waals surface area contributed by atoms with Gasteiger partial charge in [0.15, 0.2) is 0 Å². The van der Waals surface area contributed by atoms with Gasteiger partial charge in [0.1, 0.15) is 5.82 Å². The predicted molar refractivity (Wildman–Crippen MR) is 84.3 cm³/mol. The van der Waals surface area contributed by atoms with E-state index in [0.29, 0.717) is 10.0 Å². The lowest BCUT2D eigenvalue weighted by Crippen LogP contribution is -2.14. The van der Waals surface area contributed by atoms with E-state index in [2.05, 4.69) is 20.7 Å². The molecule has 0 saturated carbocycles. The molecule has 0 aromatic heterocycles. The fourth-order valence-corrected chi connectivity index (χ4v) is 3.54. The van der Waals surface area contributed by atoms with Gasteiger partial charge in [-0.3, -0.25) is 4.72 Å². The van der Waals surface area contributed by atoms with Crippen LogP contribution >= 0.6 is 27.5 Å².